The van der Waals surface area contributed by atoms with Crippen LogP contribution in [-0.2, 0) is 18.3 Å². The Hall–Kier alpha value is -1.43. The second kappa shape index (κ2) is 5.95. The van der Waals surface area contributed by atoms with Gasteiger partial charge in [-0.1, -0.05) is 6.92 Å². The number of amides is 1. The van der Waals surface area contributed by atoms with E-state index in [9.17, 15) is 4.79 Å². The van der Waals surface area contributed by atoms with Gasteiger partial charge in [0, 0.05) is 20.0 Å². The van der Waals surface area contributed by atoms with Gasteiger partial charge in [0.25, 0.3) is 0 Å². The molecule has 0 radical (unpaired) electrons. The average Bonchev–Trinajstić information content (AvgIpc) is 2.75. The van der Waals surface area contributed by atoms with Crippen molar-refractivity contribution in [1.29, 1.82) is 0 Å². The molecule has 1 amide bonds. The number of carbonyl (C=O) groups excluding carboxylic acids is 1. The Labute approximate surface area is 107 Å². The molecule has 100 valence electrons. The normalized spacial score (nSPS) is 23.9. The minimum atomic E-state index is -0.0340. The molecule has 1 aromatic rings. The largest absolute Gasteiger partial charge is 0.354 e. The van der Waals surface area contributed by atoms with Crippen LogP contribution in [0.1, 0.15) is 25.6 Å². The summed E-state index contributed by atoms with van der Waals surface area (Å²) in [4.78, 5) is 11.9. The van der Waals surface area contributed by atoms with Gasteiger partial charge in [-0.3, -0.25) is 4.79 Å². The average molecular weight is 251 g/mol. The second-order valence-corrected chi connectivity index (χ2v) is 5.04. The van der Waals surface area contributed by atoms with Crippen LogP contribution in [0.4, 0.5) is 0 Å². The molecule has 1 aliphatic heterocycles. The molecule has 6 heteroatoms. The highest BCUT2D eigenvalue weighted by molar-refractivity contribution is 5.81. The summed E-state index contributed by atoms with van der Waals surface area (Å²) in [5.41, 5.74) is 0. The van der Waals surface area contributed by atoms with Gasteiger partial charge >= 0.3 is 0 Å². The van der Waals surface area contributed by atoms with Crippen molar-refractivity contribution in [2.24, 2.45) is 13.0 Å². The number of aromatic nitrogens is 3. The molecule has 2 atom stereocenters. The molecule has 6 nitrogen and oxygen atoms in total. The SMILES string of the molecule is CC1CCNC(C(=O)NCCc2nncn2C)C1. The van der Waals surface area contributed by atoms with Crippen LogP contribution < -0.4 is 10.6 Å². The van der Waals surface area contributed by atoms with Gasteiger partial charge < -0.3 is 15.2 Å². The van der Waals surface area contributed by atoms with Crippen LogP contribution in [0.3, 0.4) is 0 Å². The number of piperidine rings is 1. The molecule has 2 N–H and O–H groups in total. The van der Waals surface area contributed by atoms with E-state index in [1.54, 1.807) is 6.33 Å². The van der Waals surface area contributed by atoms with E-state index in [0.29, 0.717) is 18.9 Å². The van der Waals surface area contributed by atoms with Gasteiger partial charge in [0.15, 0.2) is 0 Å². The van der Waals surface area contributed by atoms with E-state index in [2.05, 4.69) is 27.8 Å². The molecule has 2 rings (SSSR count). The molecule has 1 saturated heterocycles. The van der Waals surface area contributed by atoms with E-state index in [-0.39, 0.29) is 11.9 Å². The first kappa shape index (κ1) is 13.0. The topological polar surface area (TPSA) is 71.8 Å². The maximum Gasteiger partial charge on any atom is 0.237 e. The van der Waals surface area contributed by atoms with Crippen molar-refractivity contribution in [3.8, 4) is 0 Å². The number of aryl methyl sites for hydroxylation is 1. The first-order valence-electron chi connectivity index (χ1n) is 6.51. The molecule has 1 aromatic heterocycles. The predicted octanol–water partition coefficient (Wildman–Crippen LogP) is -0.138. The van der Waals surface area contributed by atoms with Crippen LogP contribution in [-0.4, -0.2) is 39.8 Å². The summed E-state index contributed by atoms with van der Waals surface area (Å²) in [5.74, 6) is 1.62. The third-order valence-corrected chi connectivity index (χ3v) is 3.44. The minimum absolute atomic E-state index is 0.0340. The molecular weight excluding hydrogens is 230 g/mol. The number of nitrogens with one attached hydrogen (secondary N) is 2. The molecule has 0 saturated carbocycles. The Morgan fingerprint density at radius 3 is 3.17 bits per heavy atom. The standard InChI is InChI=1S/C12H21N5O/c1-9-3-5-13-10(7-9)12(18)14-6-4-11-16-15-8-17(11)2/h8-10,13H,3-7H2,1-2H3,(H,14,18). The molecule has 1 fully saturated rings. The molecule has 1 aliphatic rings. The molecule has 0 bridgehead atoms. The van der Waals surface area contributed by atoms with Gasteiger partial charge in [0.05, 0.1) is 6.04 Å². The molecule has 0 spiro atoms. The van der Waals surface area contributed by atoms with E-state index in [1.165, 1.54) is 0 Å². The highest BCUT2D eigenvalue weighted by Crippen LogP contribution is 2.14. The van der Waals surface area contributed by atoms with Crippen molar-refractivity contribution in [3.05, 3.63) is 12.2 Å². The van der Waals surface area contributed by atoms with Gasteiger partial charge in [-0.2, -0.15) is 0 Å². The Bertz CT molecular complexity index is 403. The van der Waals surface area contributed by atoms with Crippen LogP contribution in [0.15, 0.2) is 6.33 Å². The molecule has 18 heavy (non-hydrogen) atoms. The first-order valence-corrected chi connectivity index (χ1v) is 6.51. The number of carbonyl (C=O) groups is 1. The van der Waals surface area contributed by atoms with Crippen molar-refractivity contribution in [2.45, 2.75) is 32.2 Å². The zero-order chi connectivity index (χ0) is 13.0. The Kier molecular flexibility index (Phi) is 4.30. The lowest BCUT2D eigenvalue weighted by atomic mass is 9.94. The highest BCUT2D eigenvalue weighted by Gasteiger charge is 2.23. The molecule has 2 unspecified atom stereocenters. The zero-order valence-corrected chi connectivity index (χ0v) is 11.0. The van der Waals surface area contributed by atoms with E-state index >= 15 is 0 Å². The smallest absolute Gasteiger partial charge is 0.237 e. The number of hydrogen-bond donors (Lipinski definition) is 2. The number of rotatable bonds is 4. The summed E-state index contributed by atoms with van der Waals surface area (Å²) < 4.78 is 1.87. The summed E-state index contributed by atoms with van der Waals surface area (Å²) in [6.07, 6.45) is 4.46. The van der Waals surface area contributed by atoms with Crippen molar-refractivity contribution in [2.75, 3.05) is 13.1 Å². The maximum atomic E-state index is 11.9. The molecule has 0 aliphatic carbocycles. The van der Waals surface area contributed by atoms with Crippen LogP contribution in [0.5, 0.6) is 0 Å². The Morgan fingerprint density at radius 1 is 1.67 bits per heavy atom. The fourth-order valence-corrected chi connectivity index (χ4v) is 2.26. The van der Waals surface area contributed by atoms with Gasteiger partial charge in [0.1, 0.15) is 12.2 Å². The lowest BCUT2D eigenvalue weighted by Crippen LogP contribution is -2.48. The lowest BCUT2D eigenvalue weighted by Gasteiger charge is -2.27. The Balaban J connectivity index is 1.73. The van der Waals surface area contributed by atoms with E-state index < -0.39 is 0 Å². The maximum absolute atomic E-state index is 11.9. The number of hydrogen-bond acceptors (Lipinski definition) is 4. The van der Waals surface area contributed by atoms with E-state index in [4.69, 9.17) is 0 Å². The third kappa shape index (κ3) is 3.29. The van der Waals surface area contributed by atoms with Crippen LogP contribution in [0.25, 0.3) is 0 Å². The van der Waals surface area contributed by atoms with Crippen LogP contribution in [0.2, 0.25) is 0 Å². The Morgan fingerprint density at radius 2 is 2.50 bits per heavy atom. The predicted molar refractivity (Wildman–Crippen MR) is 67.9 cm³/mol. The van der Waals surface area contributed by atoms with Gasteiger partial charge in [-0.25, -0.2) is 0 Å². The fourth-order valence-electron chi connectivity index (χ4n) is 2.26. The second-order valence-electron chi connectivity index (χ2n) is 5.04. The fraction of sp³-hybridized carbons (Fsp3) is 0.750. The summed E-state index contributed by atoms with van der Waals surface area (Å²) in [6, 6.07) is -0.0340. The number of nitrogens with zero attached hydrogens (tertiary/aromatic N) is 3. The van der Waals surface area contributed by atoms with Crippen LogP contribution >= 0.6 is 0 Å². The summed E-state index contributed by atoms with van der Waals surface area (Å²) in [6.45, 7) is 3.74. The lowest BCUT2D eigenvalue weighted by molar-refractivity contribution is -0.124. The molecular formula is C12H21N5O. The van der Waals surface area contributed by atoms with Gasteiger partial charge in [0.2, 0.25) is 5.91 Å². The van der Waals surface area contributed by atoms with Crippen molar-refractivity contribution in [1.82, 2.24) is 25.4 Å². The van der Waals surface area contributed by atoms with Crippen molar-refractivity contribution < 1.29 is 4.79 Å². The summed E-state index contributed by atoms with van der Waals surface area (Å²) >= 11 is 0. The zero-order valence-electron chi connectivity index (χ0n) is 11.0. The van der Waals surface area contributed by atoms with Crippen LogP contribution in [0, 0.1) is 5.92 Å². The van der Waals surface area contributed by atoms with E-state index in [1.807, 2.05) is 11.6 Å². The first-order chi connectivity index (χ1) is 8.66. The summed E-state index contributed by atoms with van der Waals surface area (Å²) in [5, 5.41) is 14.0. The quantitative estimate of drug-likeness (QED) is 0.781. The third-order valence-electron chi connectivity index (χ3n) is 3.44. The minimum Gasteiger partial charge on any atom is -0.354 e. The van der Waals surface area contributed by atoms with Gasteiger partial charge in [-0.15, -0.1) is 10.2 Å². The van der Waals surface area contributed by atoms with E-state index in [0.717, 1.165) is 25.2 Å². The highest BCUT2D eigenvalue weighted by atomic mass is 16.2. The van der Waals surface area contributed by atoms with Crippen molar-refractivity contribution in [3.63, 3.8) is 0 Å². The monoisotopic (exact) mass is 251 g/mol. The summed E-state index contributed by atoms with van der Waals surface area (Å²) in [7, 11) is 1.90. The van der Waals surface area contributed by atoms with Crippen molar-refractivity contribution >= 4 is 5.91 Å². The van der Waals surface area contributed by atoms with Gasteiger partial charge in [-0.05, 0) is 25.3 Å². The molecule has 2 heterocycles. The molecule has 0 aromatic carbocycles.